The van der Waals surface area contributed by atoms with E-state index >= 15 is 0 Å². The molecule has 1 amide bonds. The van der Waals surface area contributed by atoms with Gasteiger partial charge in [-0.1, -0.05) is 59.4 Å². The van der Waals surface area contributed by atoms with E-state index in [1.165, 1.54) is 11.3 Å². The maximum absolute atomic E-state index is 12.1. The number of hydrogen-bond acceptors (Lipinski definition) is 4. The molecule has 1 aromatic heterocycles. The van der Waals surface area contributed by atoms with E-state index < -0.39 is 0 Å². The van der Waals surface area contributed by atoms with E-state index in [4.69, 9.17) is 0 Å². The lowest BCUT2D eigenvalue weighted by atomic mass is 10.1. The van der Waals surface area contributed by atoms with Gasteiger partial charge in [-0.25, -0.2) is 0 Å². The maximum Gasteiger partial charge on any atom is 0.251 e. The van der Waals surface area contributed by atoms with Crippen molar-refractivity contribution in [2.45, 2.75) is 13.5 Å². The molecule has 0 saturated carbocycles. The third-order valence-corrected chi connectivity index (χ3v) is 4.17. The molecule has 4 nitrogen and oxygen atoms in total. The number of nitrogens with one attached hydrogen (secondary N) is 1. The molecule has 0 bridgehead atoms. The molecule has 3 rings (SSSR count). The zero-order valence-corrected chi connectivity index (χ0v) is 12.9. The van der Waals surface area contributed by atoms with Gasteiger partial charge in [-0.05, 0) is 19.1 Å². The van der Waals surface area contributed by atoms with Gasteiger partial charge in [0.15, 0.2) is 0 Å². The van der Waals surface area contributed by atoms with Gasteiger partial charge in [-0.2, -0.15) is 0 Å². The van der Waals surface area contributed by atoms with Crippen LogP contribution in [0.5, 0.6) is 0 Å². The van der Waals surface area contributed by atoms with Gasteiger partial charge in [-0.15, -0.1) is 10.2 Å². The molecule has 0 aliphatic rings. The summed E-state index contributed by atoms with van der Waals surface area (Å²) in [5, 5.41) is 12.8. The van der Waals surface area contributed by atoms with E-state index in [1.54, 1.807) is 0 Å². The first kappa shape index (κ1) is 14.4. The van der Waals surface area contributed by atoms with Crippen LogP contribution in [0.1, 0.15) is 20.9 Å². The largest absolute Gasteiger partial charge is 0.345 e. The number of carbonyl (C=O) groups is 1. The fourth-order valence-electron chi connectivity index (χ4n) is 1.99. The Kier molecular flexibility index (Phi) is 4.25. The summed E-state index contributed by atoms with van der Waals surface area (Å²) in [5.41, 5.74) is 2.82. The molecular formula is C17H15N3OS. The Labute approximate surface area is 132 Å². The minimum atomic E-state index is -0.100. The summed E-state index contributed by atoms with van der Waals surface area (Å²) in [6.07, 6.45) is 0. The molecule has 0 fully saturated rings. The van der Waals surface area contributed by atoms with Crippen molar-refractivity contribution in [3.05, 3.63) is 70.7 Å². The number of rotatable bonds is 4. The van der Waals surface area contributed by atoms with Crippen LogP contribution in [0.25, 0.3) is 10.6 Å². The molecule has 1 heterocycles. The van der Waals surface area contributed by atoms with Crippen molar-refractivity contribution in [1.82, 2.24) is 15.5 Å². The summed E-state index contributed by atoms with van der Waals surface area (Å²) in [6.45, 7) is 2.38. The summed E-state index contributed by atoms with van der Waals surface area (Å²) in [5.74, 6) is -0.100. The van der Waals surface area contributed by atoms with E-state index in [0.717, 1.165) is 21.1 Å². The smallest absolute Gasteiger partial charge is 0.251 e. The third-order valence-electron chi connectivity index (χ3n) is 3.20. The van der Waals surface area contributed by atoms with Crippen molar-refractivity contribution >= 4 is 17.2 Å². The van der Waals surface area contributed by atoms with Crippen LogP contribution < -0.4 is 5.32 Å². The first-order valence-electron chi connectivity index (χ1n) is 6.95. The average Bonchev–Trinajstić information content (AvgIpc) is 3.03. The van der Waals surface area contributed by atoms with Gasteiger partial charge in [0.1, 0.15) is 10.0 Å². The minimum Gasteiger partial charge on any atom is -0.345 e. The molecule has 0 saturated heterocycles. The van der Waals surface area contributed by atoms with Crippen LogP contribution in [0.2, 0.25) is 0 Å². The lowest BCUT2D eigenvalue weighted by molar-refractivity contribution is 0.0951. The summed E-state index contributed by atoms with van der Waals surface area (Å²) in [6, 6.07) is 17.4. The van der Waals surface area contributed by atoms with Crippen LogP contribution in [0.15, 0.2) is 54.6 Å². The molecule has 3 aromatic rings. The van der Waals surface area contributed by atoms with Crippen LogP contribution in [0, 0.1) is 6.92 Å². The van der Waals surface area contributed by atoms with Gasteiger partial charge in [0, 0.05) is 11.1 Å². The first-order valence-corrected chi connectivity index (χ1v) is 7.77. The summed E-state index contributed by atoms with van der Waals surface area (Å²) >= 11 is 1.49. The van der Waals surface area contributed by atoms with Gasteiger partial charge in [-0.3, -0.25) is 4.79 Å². The molecule has 2 aromatic carbocycles. The Bertz CT molecular complexity index is 766. The standard InChI is InChI=1S/C17H15N3OS/c1-12-7-9-13(10-8-12)16(21)18-11-15-19-20-17(22-15)14-5-3-2-4-6-14/h2-10H,11H2,1H3,(H,18,21). The quantitative estimate of drug-likeness (QED) is 0.803. The summed E-state index contributed by atoms with van der Waals surface area (Å²) in [4.78, 5) is 12.1. The fourth-order valence-corrected chi connectivity index (χ4v) is 2.77. The van der Waals surface area contributed by atoms with Crippen molar-refractivity contribution < 1.29 is 4.79 Å². The van der Waals surface area contributed by atoms with Gasteiger partial charge < -0.3 is 5.32 Å². The molecule has 0 spiro atoms. The van der Waals surface area contributed by atoms with E-state index in [9.17, 15) is 4.79 Å². The van der Waals surface area contributed by atoms with Gasteiger partial charge >= 0.3 is 0 Å². The van der Waals surface area contributed by atoms with Gasteiger partial charge in [0.2, 0.25) is 0 Å². The molecule has 0 radical (unpaired) electrons. The van der Waals surface area contributed by atoms with E-state index in [-0.39, 0.29) is 5.91 Å². The third kappa shape index (κ3) is 3.38. The fraction of sp³-hybridized carbons (Fsp3) is 0.118. The van der Waals surface area contributed by atoms with E-state index in [1.807, 2.05) is 61.5 Å². The Morgan fingerprint density at radius 2 is 1.77 bits per heavy atom. The topological polar surface area (TPSA) is 54.9 Å². The van der Waals surface area contributed by atoms with Gasteiger partial charge in [0.25, 0.3) is 5.91 Å². The molecular weight excluding hydrogens is 294 g/mol. The normalized spacial score (nSPS) is 10.4. The highest BCUT2D eigenvalue weighted by atomic mass is 32.1. The molecule has 22 heavy (non-hydrogen) atoms. The van der Waals surface area contributed by atoms with Crippen molar-refractivity contribution in [2.24, 2.45) is 0 Å². The van der Waals surface area contributed by atoms with Crippen molar-refractivity contribution in [3.63, 3.8) is 0 Å². The number of amides is 1. The second-order valence-corrected chi connectivity index (χ2v) is 5.98. The van der Waals surface area contributed by atoms with Gasteiger partial charge in [0.05, 0.1) is 6.54 Å². The van der Waals surface area contributed by atoms with E-state index in [0.29, 0.717) is 12.1 Å². The lowest BCUT2D eigenvalue weighted by Crippen LogP contribution is -2.22. The number of aryl methyl sites for hydroxylation is 1. The highest BCUT2D eigenvalue weighted by Gasteiger charge is 2.09. The Hall–Kier alpha value is -2.53. The second kappa shape index (κ2) is 6.49. The van der Waals surface area contributed by atoms with Crippen LogP contribution in [-0.2, 0) is 6.54 Å². The number of benzene rings is 2. The van der Waals surface area contributed by atoms with Crippen LogP contribution >= 0.6 is 11.3 Å². The number of aromatic nitrogens is 2. The molecule has 0 aliphatic heterocycles. The predicted molar refractivity (Wildman–Crippen MR) is 87.7 cm³/mol. The first-order chi connectivity index (χ1) is 10.7. The maximum atomic E-state index is 12.1. The van der Waals surface area contributed by atoms with Crippen LogP contribution in [-0.4, -0.2) is 16.1 Å². The molecule has 0 atom stereocenters. The zero-order chi connectivity index (χ0) is 15.4. The second-order valence-electron chi connectivity index (χ2n) is 4.92. The number of nitrogens with zero attached hydrogens (tertiary/aromatic N) is 2. The lowest BCUT2D eigenvalue weighted by Gasteiger charge is -2.03. The summed E-state index contributed by atoms with van der Waals surface area (Å²) in [7, 11) is 0. The Balaban J connectivity index is 1.64. The molecule has 0 unspecified atom stereocenters. The minimum absolute atomic E-state index is 0.100. The number of carbonyl (C=O) groups excluding carboxylic acids is 1. The van der Waals surface area contributed by atoms with E-state index in [2.05, 4.69) is 15.5 Å². The monoisotopic (exact) mass is 309 g/mol. The highest BCUT2D eigenvalue weighted by Crippen LogP contribution is 2.22. The van der Waals surface area contributed by atoms with Crippen LogP contribution in [0.4, 0.5) is 0 Å². The van der Waals surface area contributed by atoms with Crippen molar-refractivity contribution in [2.75, 3.05) is 0 Å². The van der Waals surface area contributed by atoms with Crippen LogP contribution in [0.3, 0.4) is 0 Å². The number of hydrogen-bond donors (Lipinski definition) is 1. The predicted octanol–water partition coefficient (Wildman–Crippen LogP) is 3.44. The SMILES string of the molecule is Cc1ccc(C(=O)NCc2nnc(-c3ccccc3)s2)cc1. The van der Waals surface area contributed by atoms with Crippen molar-refractivity contribution in [3.8, 4) is 10.6 Å². The highest BCUT2D eigenvalue weighted by molar-refractivity contribution is 7.14. The molecule has 1 N–H and O–H groups in total. The zero-order valence-electron chi connectivity index (χ0n) is 12.1. The Morgan fingerprint density at radius 1 is 1.05 bits per heavy atom. The molecule has 110 valence electrons. The van der Waals surface area contributed by atoms with Crippen molar-refractivity contribution in [1.29, 1.82) is 0 Å². The molecule has 0 aliphatic carbocycles. The Morgan fingerprint density at radius 3 is 2.50 bits per heavy atom. The average molecular weight is 309 g/mol. The summed E-state index contributed by atoms with van der Waals surface area (Å²) < 4.78 is 0. The molecule has 5 heteroatoms.